The van der Waals surface area contributed by atoms with E-state index in [2.05, 4.69) is 10.3 Å². The van der Waals surface area contributed by atoms with Gasteiger partial charge in [0.25, 0.3) is 11.8 Å². The van der Waals surface area contributed by atoms with E-state index in [0.29, 0.717) is 57.5 Å². The topological polar surface area (TPSA) is 81.6 Å². The highest BCUT2D eigenvalue weighted by Gasteiger charge is 2.31. The molecule has 0 aliphatic carbocycles. The molecule has 0 radical (unpaired) electrons. The molecule has 0 unspecified atom stereocenters. The number of hydrogen-bond donors (Lipinski definition) is 2. The summed E-state index contributed by atoms with van der Waals surface area (Å²) in [5.41, 5.74) is 4.59. The van der Waals surface area contributed by atoms with Crippen molar-refractivity contribution in [1.82, 2.24) is 15.2 Å². The lowest BCUT2D eigenvalue weighted by Gasteiger charge is -2.34. The van der Waals surface area contributed by atoms with Gasteiger partial charge in [0.15, 0.2) is 0 Å². The fraction of sp³-hybridized carbons (Fsp3) is 0.250. The number of nitrogens with one attached hydrogen (secondary N) is 2. The highest BCUT2D eigenvalue weighted by atomic mass is 32.2. The van der Waals surface area contributed by atoms with Crippen molar-refractivity contribution in [3.63, 3.8) is 0 Å². The van der Waals surface area contributed by atoms with Crippen molar-refractivity contribution in [2.24, 2.45) is 0 Å². The van der Waals surface area contributed by atoms with Gasteiger partial charge >= 0.3 is 0 Å². The van der Waals surface area contributed by atoms with Crippen LogP contribution < -0.4 is 9.62 Å². The summed E-state index contributed by atoms with van der Waals surface area (Å²) < 4.78 is 35.7. The third kappa shape index (κ3) is 5.00. The van der Waals surface area contributed by atoms with Gasteiger partial charge in [0, 0.05) is 67.3 Å². The summed E-state index contributed by atoms with van der Waals surface area (Å²) in [6.07, 6.45) is 3.64. The van der Waals surface area contributed by atoms with E-state index >= 15 is 0 Å². The summed E-state index contributed by atoms with van der Waals surface area (Å²) in [7, 11) is 3.53. The SMILES string of the molecule is CNC(=O)c1c(-c2ccc(F)cc2)oc2cc(N(C)SC)c([C@H]3CCCN(C(=O)c4cc5cc(F)ccc5[nH]4)C3)cc12. The van der Waals surface area contributed by atoms with E-state index in [1.807, 2.05) is 34.6 Å². The second kappa shape index (κ2) is 11.2. The van der Waals surface area contributed by atoms with Crippen LogP contribution in [0.4, 0.5) is 14.5 Å². The molecular weight excluding hydrogens is 558 g/mol. The average molecular weight is 589 g/mol. The maximum atomic E-state index is 13.7. The van der Waals surface area contributed by atoms with E-state index < -0.39 is 0 Å². The Kier molecular flexibility index (Phi) is 7.40. The zero-order valence-electron chi connectivity index (χ0n) is 23.5. The van der Waals surface area contributed by atoms with Crippen LogP contribution in [0, 0.1) is 11.6 Å². The van der Waals surface area contributed by atoms with E-state index in [-0.39, 0.29) is 29.4 Å². The quantitative estimate of drug-likeness (QED) is 0.210. The van der Waals surface area contributed by atoms with Gasteiger partial charge in [-0.3, -0.25) is 9.59 Å². The first-order valence-electron chi connectivity index (χ1n) is 13.7. The number of aromatic amines is 1. The number of halogens is 2. The minimum atomic E-state index is -0.376. The number of carbonyl (C=O) groups excluding carboxylic acids is 2. The number of carbonyl (C=O) groups is 2. The second-order valence-electron chi connectivity index (χ2n) is 10.5. The molecule has 1 aliphatic rings. The van der Waals surface area contributed by atoms with Crippen LogP contribution in [0.1, 0.15) is 45.2 Å². The predicted molar refractivity (Wildman–Crippen MR) is 163 cm³/mol. The van der Waals surface area contributed by atoms with Crippen LogP contribution in [-0.2, 0) is 0 Å². The number of benzene rings is 3. The molecule has 2 N–H and O–H groups in total. The standard InChI is InChI=1S/C32H30F2N4O3S/c1-35-31(39)29-24-15-23(27(37(2)42-3)16-28(24)41-30(29)18-6-8-21(33)9-7-18)19-5-4-12-38(17-19)32(40)26-14-20-13-22(34)10-11-25(20)36-26/h6-11,13-16,19,36H,4-5,12,17H2,1-3H3,(H,35,39)/t19-/m0/s1. The third-order valence-corrected chi connectivity index (χ3v) is 8.72. The van der Waals surface area contributed by atoms with Crippen molar-refractivity contribution in [3.8, 4) is 11.3 Å². The van der Waals surface area contributed by atoms with Gasteiger partial charge in [-0.15, -0.1) is 0 Å². The zero-order valence-corrected chi connectivity index (χ0v) is 24.3. The number of amides is 2. The largest absolute Gasteiger partial charge is 0.455 e. The number of rotatable bonds is 6. The number of furan rings is 1. The first kappa shape index (κ1) is 27.8. The van der Waals surface area contributed by atoms with Crippen molar-refractivity contribution >= 4 is 51.3 Å². The van der Waals surface area contributed by atoms with Crippen LogP contribution in [-0.4, -0.2) is 55.1 Å². The lowest BCUT2D eigenvalue weighted by molar-refractivity contribution is 0.0702. The van der Waals surface area contributed by atoms with Crippen LogP contribution in [0.2, 0.25) is 0 Å². The first-order chi connectivity index (χ1) is 20.3. The lowest BCUT2D eigenvalue weighted by atomic mass is 9.88. The number of likely N-dealkylation sites (tertiary alicyclic amines) is 1. The maximum Gasteiger partial charge on any atom is 0.270 e. The monoisotopic (exact) mass is 588 g/mol. The van der Waals surface area contributed by atoms with Crippen LogP contribution in [0.3, 0.4) is 0 Å². The number of aromatic nitrogens is 1. The van der Waals surface area contributed by atoms with E-state index in [0.717, 1.165) is 24.1 Å². The fourth-order valence-corrected chi connectivity index (χ4v) is 6.16. The molecule has 7 nitrogen and oxygen atoms in total. The Morgan fingerprint density at radius 2 is 1.83 bits per heavy atom. The Morgan fingerprint density at radius 3 is 2.57 bits per heavy atom. The van der Waals surface area contributed by atoms with Gasteiger partial charge < -0.3 is 23.9 Å². The Hall–Kier alpha value is -4.31. The van der Waals surface area contributed by atoms with Crippen molar-refractivity contribution in [3.05, 3.63) is 89.1 Å². The maximum absolute atomic E-state index is 13.7. The van der Waals surface area contributed by atoms with Gasteiger partial charge in [-0.1, -0.05) is 11.9 Å². The van der Waals surface area contributed by atoms with E-state index in [4.69, 9.17) is 4.42 Å². The minimum Gasteiger partial charge on any atom is -0.455 e. The van der Waals surface area contributed by atoms with Crippen LogP contribution in [0.5, 0.6) is 0 Å². The molecule has 0 bridgehead atoms. The van der Waals surface area contributed by atoms with E-state index in [1.165, 1.54) is 24.3 Å². The number of H-pyrrole nitrogens is 1. The normalized spacial score (nSPS) is 15.4. The Labute approximate surface area is 246 Å². The Balaban J connectivity index is 1.41. The van der Waals surface area contributed by atoms with E-state index in [9.17, 15) is 18.4 Å². The molecule has 10 heteroatoms. The summed E-state index contributed by atoms with van der Waals surface area (Å²) in [4.78, 5) is 31.7. The number of fused-ring (bicyclic) bond motifs is 2. The number of piperidine rings is 1. The third-order valence-electron chi connectivity index (χ3n) is 7.97. The Bertz CT molecular complexity index is 1810. The molecule has 216 valence electrons. The number of hydrogen-bond acceptors (Lipinski definition) is 5. The average Bonchev–Trinajstić information content (AvgIpc) is 3.60. The first-order valence-corrected chi connectivity index (χ1v) is 14.9. The summed E-state index contributed by atoms with van der Waals surface area (Å²) in [5, 5.41) is 4.02. The smallest absolute Gasteiger partial charge is 0.270 e. The Morgan fingerprint density at radius 1 is 1.07 bits per heavy atom. The highest BCUT2D eigenvalue weighted by molar-refractivity contribution is 7.99. The molecule has 6 rings (SSSR count). The number of nitrogens with zero attached hydrogens (tertiary/aromatic N) is 2. The molecule has 1 atom stereocenters. The van der Waals surface area contributed by atoms with Crippen molar-refractivity contribution < 1.29 is 22.8 Å². The summed E-state index contributed by atoms with van der Waals surface area (Å²) >= 11 is 1.55. The molecule has 2 amide bonds. The molecule has 1 aliphatic heterocycles. The van der Waals surface area contributed by atoms with Gasteiger partial charge in [-0.25, -0.2) is 8.78 Å². The van der Waals surface area contributed by atoms with Crippen molar-refractivity contribution in [2.75, 3.05) is 37.7 Å². The molecule has 0 saturated carbocycles. The zero-order chi connectivity index (χ0) is 29.5. The van der Waals surface area contributed by atoms with Crippen molar-refractivity contribution in [1.29, 1.82) is 0 Å². The second-order valence-corrected chi connectivity index (χ2v) is 11.4. The molecule has 42 heavy (non-hydrogen) atoms. The van der Waals surface area contributed by atoms with Gasteiger partial charge in [0.1, 0.15) is 28.7 Å². The molecular formula is C32H30F2N4O3S. The van der Waals surface area contributed by atoms with Gasteiger partial charge in [-0.2, -0.15) is 0 Å². The molecule has 5 aromatic rings. The summed E-state index contributed by atoms with van der Waals surface area (Å²) in [5.74, 6) is -0.795. The lowest BCUT2D eigenvalue weighted by Crippen LogP contribution is -2.39. The van der Waals surface area contributed by atoms with Crippen molar-refractivity contribution in [2.45, 2.75) is 18.8 Å². The molecule has 3 heterocycles. The van der Waals surface area contributed by atoms with Crippen LogP contribution >= 0.6 is 11.9 Å². The predicted octanol–water partition coefficient (Wildman–Crippen LogP) is 6.95. The van der Waals surface area contributed by atoms with Crippen LogP contribution in [0.25, 0.3) is 33.2 Å². The highest BCUT2D eigenvalue weighted by Crippen LogP contribution is 2.42. The molecule has 1 saturated heterocycles. The van der Waals surface area contributed by atoms with Gasteiger partial charge in [0.2, 0.25) is 0 Å². The summed E-state index contributed by atoms with van der Waals surface area (Å²) in [6.45, 7) is 1.10. The molecule has 1 fully saturated rings. The van der Waals surface area contributed by atoms with Crippen LogP contribution in [0.15, 0.2) is 65.1 Å². The molecule has 0 spiro atoms. The van der Waals surface area contributed by atoms with Gasteiger partial charge in [-0.05, 0) is 73.0 Å². The molecule has 3 aromatic carbocycles. The minimum absolute atomic E-state index is 0.000215. The molecule has 2 aromatic heterocycles. The fourth-order valence-electron chi connectivity index (χ4n) is 5.81. The van der Waals surface area contributed by atoms with E-state index in [1.54, 1.807) is 43.3 Å². The van der Waals surface area contributed by atoms with Gasteiger partial charge in [0.05, 0.1) is 11.3 Å². The summed E-state index contributed by atoms with van der Waals surface area (Å²) in [6, 6.07) is 15.9. The number of anilines is 1.